The summed E-state index contributed by atoms with van der Waals surface area (Å²) in [7, 11) is 3.56. The number of benzene rings is 2. The number of thiocarbonyl (C=S) groups is 1. The Kier molecular flexibility index (Phi) is 4.17. The molecule has 0 unspecified atom stereocenters. The predicted octanol–water partition coefficient (Wildman–Crippen LogP) is 3.53. The largest absolute Gasteiger partial charge is 0.497 e. The minimum absolute atomic E-state index is 0.604. The number of nitrogens with one attached hydrogen (secondary N) is 1. The fraction of sp³-hybridized carbons (Fsp3) is 0.133. The summed E-state index contributed by atoms with van der Waals surface area (Å²) in [5.74, 6) is 0.817. The second-order valence-electron chi connectivity index (χ2n) is 4.65. The lowest BCUT2D eigenvalue weighted by Crippen LogP contribution is -2.30. The summed E-state index contributed by atoms with van der Waals surface area (Å²) in [5.41, 5.74) is 3.63. The normalized spacial score (nSPS) is 10.5. The lowest BCUT2D eigenvalue weighted by atomic mass is 10.2. The molecule has 1 N–H and O–H groups in total. The van der Waals surface area contributed by atoms with Crippen LogP contribution in [0.25, 0.3) is 11.0 Å². The fourth-order valence-electron chi connectivity index (χ4n) is 1.99. The molecule has 0 aliphatic rings. The van der Waals surface area contributed by atoms with Crippen LogP contribution in [0.1, 0.15) is 0 Å². The molecule has 112 valence electrons. The third-order valence-corrected chi connectivity index (χ3v) is 4.20. The van der Waals surface area contributed by atoms with Crippen LogP contribution in [-0.2, 0) is 0 Å². The van der Waals surface area contributed by atoms with Crippen molar-refractivity contribution in [3.8, 4) is 5.75 Å². The van der Waals surface area contributed by atoms with Crippen molar-refractivity contribution in [1.29, 1.82) is 0 Å². The van der Waals surface area contributed by atoms with Gasteiger partial charge in [-0.05, 0) is 54.7 Å². The Morgan fingerprint density at radius 1 is 1.14 bits per heavy atom. The summed E-state index contributed by atoms with van der Waals surface area (Å²) in [6.07, 6.45) is 0. The highest BCUT2D eigenvalue weighted by molar-refractivity contribution is 7.80. The maximum atomic E-state index is 5.45. The van der Waals surface area contributed by atoms with Gasteiger partial charge in [0.15, 0.2) is 5.11 Å². The van der Waals surface area contributed by atoms with Crippen molar-refractivity contribution in [1.82, 2.24) is 8.75 Å². The van der Waals surface area contributed by atoms with Crippen molar-refractivity contribution in [2.24, 2.45) is 0 Å². The Morgan fingerprint density at radius 2 is 1.86 bits per heavy atom. The van der Waals surface area contributed by atoms with E-state index in [2.05, 4.69) is 14.1 Å². The third-order valence-electron chi connectivity index (χ3n) is 3.27. The van der Waals surface area contributed by atoms with E-state index in [9.17, 15) is 0 Å². The molecule has 1 heterocycles. The van der Waals surface area contributed by atoms with Gasteiger partial charge in [0, 0.05) is 18.4 Å². The molecule has 7 heteroatoms. The van der Waals surface area contributed by atoms with E-state index >= 15 is 0 Å². The molecule has 0 fully saturated rings. The van der Waals surface area contributed by atoms with Gasteiger partial charge >= 0.3 is 0 Å². The molecule has 0 aliphatic carbocycles. The summed E-state index contributed by atoms with van der Waals surface area (Å²) >= 11 is 6.66. The van der Waals surface area contributed by atoms with Gasteiger partial charge in [-0.3, -0.25) is 0 Å². The van der Waals surface area contributed by atoms with Gasteiger partial charge < -0.3 is 15.0 Å². The van der Waals surface area contributed by atoms with E-state index in [1.54, 1.807) is 7.11 Å². The summed E-state index contributed by atoms with van der Waals surface area (Å²) in [6.45, 7) is 0. The number of nitrogens with zero attached hydrogens (tertiary/aromatic N) is 3. The van der Waals surface area contributed by atoms with Crippen LogP contribution < -0.4 is 15.0 Å². The molecule has 3 aromatic rings. The number of methoxy groups -OCH3 is 1. The summed E-state index contributed by atoms with van der Waals surface area (Å²) in [5, 5.41) is 3.82. The number of aromatic nitrogens is 2. The van der Waals surface area contributed by atoms with Crippen molar-refractivity contribution in [3.63, 3.8) is 0 Å². The molecule has 0 saturated carbocycles. The van der Waals surface area contributed by atoms with Crippen molar-refractivity contribution in [2.45, 2.75) is 0 Å². The smallest absolute Gasteiger partial charge is 0.177 e. The van der Waals surface area contributed by atoms with E-state index in [1.165, 1.54) is 11.7 Å². The second-order valence-corrected chi connectivity index (χ2v) is 5.57. The van der Waals surface area contributed by atoms with Gasteiger partial charge in [-0.2, -0.15) is 8.75 Å². The van der Waals surface area contributed by atoms with Gasteiger partial charge in [-0.15, -0.1) is 0 Å². The number of anilines is 2. The Hall–Kier alpha value is -2.25. The van der Waals surface area contributed by atoms with E-state index in [-0.39, 0.29) is 0 Å². The van der Waals surface area contributed by atoms with Crippen molar-refractivity contribution in [2.75, 3.05) is 24.4 Å². The molecule has 0 saturated heterocycles. The van der Waals surface area contributed by atoms with E-state index in [4.69, 9.17) is 17.0 Å². The molecule has 1 aromatic heterocycles. The highest BCUT2D eigenvalue weighted by Crippen LogP contribution is 2.21. The second kappa shape index (κ2) is 6.25. The molecule has 0 amide bonds. The number of fused-ring (bicyclic) bond motifs is 1. The maximum absolute atomic E-state index is 5.45. The average Bonchev–Trinajstić information content (AvgIpc) is 3.02. The zero-order valence-electron chi connectivity index (χ0n) is 12.1. The zero-order valence-corrected chi connectivity index (χ0v) is 13.7. The average molecular weight is 330 g/mol. The van der Waals surface area contributed by atoms with Gasteiger partial charge in [0.1, 0.15) is 16.8 Å². The zero-order chi connectivity index (χ0) is 15.5. The van der Waals surface area contributed by atoms with Crippen LogP contribution in [0.3, 0.4) is 0 Å². The minimum Gasteiger partial charge on any atom is -0.497 e. The molecule has 0 atom stereocenters. The summed E-state index contributed by atoms with van der Waals surface area (Å²) in [6, 6.07) is 13.5. The first kappa shape index (κ1) is 14.7. The van der Waals surface area contributed by atoms with Crippen LogP contribution in [-0.4, -0.2) is 28.0 Å². The Balaban J connectivity index is 1.74. The lowest BCUT2D eigenvalue weighted by Gasteiger charge is -2.21. The topological polar surface area (TPSA) is 50.3 Å². The number of rotatable bonds is 3. The van der Waals surface area contributed by atoms with Crippen LogP contribution in [0.5, 0.6) is 5.75 Å². The van der Waals surface area contributed by atoms with Gasteiger partial charge in [0.05, 0.1) is 18.8 Å². The molecule has 2 aromatic carbocycles. The number of hydrogen-bond acceptors (Lipinski definition) is 5. The molecule has 0 aliphatic heterocycles. The van der Waals surface area contributed by atoms with E-state index in [1.807, 2.05) is 54.4 Å². The van der Waals surface area contributed by atoms with Crippen molar-refractivity contribution >= 4 is 51.5 Å². The fourth-order valence-corrected chi connectivity index (χ4v) is 2.73. The number of hydrogen-bond donors (Lipinski definition) is 1. The van der Waals surface area contributed by atoms with Gasteiger partial charge in [0.25, 0.3) is 0 Å². The molecular weight excluding hydrogens is 316 g/mol. The third kappa shape index (κ3) is 3.00. The molecule has 3 rings (SSSR count). The highest BCUT2D eigenvalue weighted by Gasteiger charge is 2.08. The first-order chi connectivity index (χ1) is 10.7. The van der Waals surface area contributed by atoms with Crippen LogP contribution in [0.15, 0.2) is 42.5 Å². The summed E-state index contributed by atoms with van der Waals surface area (Å²) < 4.78 is 13.6. The Morgan fingerprint density at radius 3 is 2.59 bits per heavy atom. The van der Waals surface area contributed by atoms with Gasteiger partial charge in [-0.25, -0.2) is 0 Å². The van der Waals surface area contributed by atoms with Crippen molar-refractivity contribution < 1.29 is 4.74 Å². The van der Waals surface area contributed by atoms with E-state index in [0.29, 0.717) is 5.11 Å². The van der Waals surface area contributed by atoms with Crippen LogP contribution >= 0.6 is 23.9 Å². The Labute approximate surface area is 137 Å². The van der Waals surface area contributed by atoms with E-state index in [0.717, 1.165) is 28.2 Å². The molecule has 0 bridgehead atoms. The minimum atomic E-state index is 0.604. The maximum Gasteiger partial charge on any atom is 0.177 e. The van der Waals surface area contributed by atoms with Crippen LogP contribution in [0.4, 0.5) is 11.4 Å². The van der Waals surface area contributed by atoms with Crippen LogP contribution in [0.2, 0.25) is 0 Å². The SMILES string of the molecule is COc1ccc(N(C)C(=S)Nc2ccc3nsnc3c2)cc1. The first-order valence-corrected chi connectivity index (χ1v) is 7.72. The molecule has 0 radical (unpaired) electrons. The molecule has 0 spiro atoms. The van der Waals surface area contributed by atoms with Gasteiger partial charge in [0.2, 0.25) is 0 Å². The van der Waals surface area contributed by atoms with Gasteiger partial charge in [-0.1, -0.05) is 0 Å². The van der Waals surface area contributed by atoms with Crippen molar-refractivity contribution in [3.05, 3.63) is 42.5 Å². The monoisotopic (exact) mass is 330 g/mol. The molecular formula is C15H14N4OS2. The Bertz CT molecular complexity index is 801. The predicted molar refractivity (Wildman–Crippen MR) is 95.0 cm³/mol. The first-order valence-electron chi connectivity index (χ1n) is 6.58. The highest BCUT2D eigenvalue weighted by atomic mass is 32.1. The van der Waals surface area contributed by atoms with E-state index < -0.39 is 0 Å². The quantitative estimate of drug-likeness (QED) is 0.742. The molecule has 22 heavy (non-hydrogen) atoms. The molecule has 5 nitrogen and oxygen atoms in total. The summed E-state index contributed by atoms with van der Waals surface area (Å²) in [4.78, 5) is 1.90. The number of ether oxygens (including phenoxy) is 1. The van der Waals surface area contributed by atoms with Crippen LogP contribution in [0, 0.1) is 0 Å². The standard InChI is InChI=1S/C15H14N4OS2/c1-19(11-4-6-12(20-2)7-5-11)15(21)16-10-3-8-13-14(9-10)18-22-17-13/h3-9H,1-2H3,(H,16,21). The lowest BCUT2D eigenvalue weighted by molar-refractivity contribution is 0.415.